The number of esters is 1. The molecule has 1 amide bonds. The van der Waals surface area contributed by atoms with Crippen LogP contribution in [-0.2, 0) is 14.3 Å². The molecule has 0 aromatic rings. The number of rotatable bonds is 4. The van der Waals surface area contributed by atoms with Crippen molar-refractivity contribution in [3.63, 3.8) is 0 Å². The van der Waals surface area contributed by atoms with Gasteiger partial charge >= 0.3 is 5.97 Å². The van der Waals surface area contributed by atoms with Gasteiger partial charge in [0.25, 0.3) is 5.91 Å². The van der Waals surface area contributed by atoms with Crippen LogP contribution in [0.15, 0.2) is 40.6 Å². The molecule has 0 bridgehead atoms. The molecule has 0 saturated carbocycles. The van der Waals surface area contributed by atoms with Crippen LogP contribution in [-0.4, -0.2) is 54.4 Å². The fourth-order valence-corrected chi connectivity index (χ4v) is 2.42. The third kappa shape index (κ3) is 4.25. The lowest BCUT2D eigenvalue weighted by molar-refractivity contribution is -0.141. The molecule has 0 radical (unpaired) electrons. The Hall–Kier alpha value is -2.65. The van der Waals surface area contributed by atoms with Crippen molar-refractivity contribution < 1.29 is 14.3 Å². The third-order valence-electron chi connectivity index (χ3n) is 3.62. The van der Waals surface area contributed by atoms with Gasteiger partial charge in [-0.3, -0.25) is 14.6 Å². The first-order chi connectivity index (χ1) is 12.1. The van der Waals surface area contributed by atoms with Gasteiger partial charge in [-0.15, -0.1) is 0 Å². The summed E-state index contributed by atoms with van der Waals surface area (Å²) in [7, 11) is 1.33. The van der Waals surface area contributed by atoms with Crippen molar-refractivity contribution in [2.75, 3.05) is 20.2 Å². The molecular formula is C16H24N6O3. The molecule has 0 saturated heterocycles. The number of hydrogen-bond donors (Lipinski definition) is 3. The quantitative estimate of drug-likeness (QED) is 0.614. The summed E-state index contributed by atoms with van der Waals surface area (Å²) in [5.74, 6) is 0.00955. The normalized spacial score (nSPS) is 20.8. The molecule has 3 heterocycles. The second-order valence-corrected chi connectivity index (χ2v) is 5.22. The van der Waals surface area contributed by atoms with Gasteiger partial charge in [-0.1, -0.05) is 13.8 Å². The zero-order valence-corrected chi connectivity index (χ0v) is 14.9. The average Bonchev–Trinajstić information content (AvgIpc) is 3.20. The van der Waals surface area contributed by atoms with Crippen LogP contribution in [0.2, 0.25) is 0 Å². The molecule has 3 rings (SSSR count). The summed E-state index contributed by atoms with van der Waals surface area (Å²) in [6, 6.07) is -0.116. The molecular weight excluding hydrogens is 324 g/mol. The van der Waals surface area contributed by atoms with Crippen LogP contribution in [0.4, 0.5) is 0 Å². The van der Waals surface area contributed by atoms with Crippen LogP contribution in [0, 0.1) is 0 Å². The topological polar surface area (TPSA) is 98.3 Å². The average molecular weight is 348 g/mol. The maximum absolute atomic E-state index is 12.5. The van der Waals surface area contributed by atoms with Gasteiger partial charge < -0.3 is 15.1 Å². The number of fused-ring (bicyclic) bond motifs is 1. The number of nitrogens with one attached hydrogen (secondary N) is 3. The van der Waals surface area contributed by atoms with E-state index in [0.717, 1.165) is 0 Å². The van der Waals surface area contributed by atoms with E-state index in [2.05, 4.69) is 25.9 Å². The Bertz CT molecular complexity index is 652. The van der Waals surface area contributed by atoms with Crippen molar-refractivity contribution in [1.29, 1.82) is 0 Å². The molecule has 9 nitrogen and oxygen atoms in total. The Labute approximate surface area is 147 Å². The van der Waals surface area contributed by atoms with E-state index in [9.17, 15) is 9.59 Å². The smallest absolute Gasteiger partial charge is 0.326 e. The van der Waals surface area contributed by atoms with Gasteiger partial charge in [-0.25, -0.2) is 15.8 Å². The molecule has 0 aromatic carbocycles. The second-order valence-electron chi connectivity index (χ2n) is 5.22. The monoisotopic (exact) mass is 348 g/mol. The molecule has 136 valence electrons. The number of hydrazine groups is 2. The van der Waals surface area contributed by atoms with Gasteiger partial charge in [0.1, 0.15) is 6.54 Å². The Morgan fingerprint density at radius 2 is 2.20 bits per heavy atom. The van der Waals surface area contributed by atoms with Crippen LogP contribution in [0.5, 0.6) is 0 Å². The molecule has 0 spiro atoms. The van der Waals surface area contributed by atoms with E-state index in [1.807, 2.05) is 20.8 Å². The zero-order chi connectivity index (χ0) is 18.4. The van der Waals surface area contributed by atoms with E-state index in [0.29, 0.717) is 23.6 Å². The lowest BCUT2D eigenvalue weighted by Gasteiger charge is -2.16. The van der Waals surface area contributed by atoms with E-state index in [1.54, 1.807) is 34.7 Å². The Kier molecular flexibility index (Phi) is 6.31. The molecule has 25 heavy (non-hydrogen) atoms. The number of hydrogen-bond acceptors (Lipinski definition) is 8. The SMILES string of the molecule is CC.COC(=O)CN1C=C(NC(=O)C2=C3N=CC=CN3NC2)C(C)N1. The number of aliphatic imine (C=N–C) groups is 1. The molecule has 9 heteroatoms. The lowest BCUT2D eigenvalue weighted by Crippen LogP contribution is -2.39. The van der Waals surface area contributed by atoms with E-state index in [4.69, 9.17) is 0 Å². The minimum atomic E-state index is -0.363. The fraction of sp³-hybridized carbons (Fsp3) is 0.438. The van der Waals surface area contributed by atoms with Crippen LogP contribution in [0.3, 0.4) is 0 Å². The molecule has 1 unspecified atom stereocenters. The number of amides is 1. The Balaban J connectivity index is 0.00000109. The van der Waals surface area contributed by atoms with Gasteiger partial charge in [0, 0.05) is 25.2 Å². The Morgan fingerprint density at radius 1 is 1.44 bits per heavy atom. The minimum Gasteiger partial charge on any atom is -0.468 e. The number of allylic oxidation sites excluding steroid dienone is 1. The summed E-state index contributed by atoms with van der Waals surface area (Å²) in [5, 5.41) is 6.17. The lowest BCUT2D eigenvalue weighted by atomic mass is 10.2. The van der Waals surface area contributed by atoms with Crippen LogP contribution in [0.25, 0.3) is 0 Å². The fourth-order valence-electron chi connectivity index (χ4n) is 2.42. The largest absolute Gasteiger partial charge is 0.468 e. The minimum absolute atomic E-state index is 0.0680. The van der Waals surface area contributed by atoms with Crippen LogP contribution >= 0.6 is 0 Å². The highest BCUT2D eigenvalue weighted by Crippen LogP contribution is 2.20. The third-order valence-corrected chi connectivity index (χ3v) is 3.62. The first-order valence-electron chi connectivity index (χ1n) is 8.18. The van der Waals surface area contributed by atoms with Gasteiger partial charge in [-0.05, 0) is 13.0 Å². The van der Waals surface area contributed by atoms with E-state index < -0.39 is 0 Å². The summed E-state index contributed by atoms with van der Waals surface area (Å²) in [5.41, 5.74) is 7.36. The van der Waals surface area contributed by atoms with Crippen molar-refractivity contribution in [3.8, 4) is 0 Å². The number of methoxy groups -OCH3 is 1. The first-order valence-corrected chi connectivity index (χ1v) is 8.18. The van der Waals surface area contributed by atoms with Crippen molar-refractivity contribution in [2.24, 2.45) is 4.99 Å². The van der Waals surface area contributed by atoms with Gasteiger partial charge in [0.15, 0.2) is 5.82 Å². The molecule has 3 aliphatic rings. The maximum atomic E-state index is 12.5. The van der Waals surface area contributed by atoms with Crippen LogP contribution < -0.4 is 16.2 Å². The van der Waals surface area contributed by atoms with Gasteiger partial charge in [0.05, 0.1) is 24.4 Å². The standard InChI is InChI=1S/C14H18N6O3.C2H6/c1-9-11(7-19(18-9)8-12(21)23-2)17-14(22)10-6-16-20-5-3-4-15-13(10)20;1-2/h3-5,7,9,16,18H,6,8H2,1-2H3,(H,17,22);1-2H3. The Morgan fingerprint density at radius 3 is 2.92 bits per heavy atom. The summed E-state index contributed by atoms with van der Waals surface area (Å²) in [6.45, 7) is 6.37. The second kappa shape index (κ2) is 8.45. The van der Waals surface area contributed by atoms with Gasteiger partial charge in [-0.2, -0.15) is 0 Å². The zero-order valence-electron chi connectivity index (χ0n) is 14.9. The summed E-state index contributed by atoms with van der Waals surface area (Å²) < 4.78 is 4.62. The highest BCUT2D eigenvalue weighted by Gasteiger charge is 2.29. The number of nitrogens with zero attached hydrogens (tertiary/aromatic N) is 3. The van der Waals surface area contributed by atoms with E-state index in [1.165, 1.54) is 7.11 Å². The van der Waals surface area contributed by atoms with Gasteiger partial charge in [0.2, 0.25) is 0 Å². The molecule has 3 aliphatic heterocycles. The summed E-state index contributed by atoms with van der Waals surface area (Å²) >= 11 is 0. The predicted molar refractivity (Wildman–Crippen MR) is 93.4 cm³/mol. The summed E-state index contributed by atoms with van der Waals surface area (Å²) in [6.07, 6.45) is 6.92. The maximum Gasteiger partial charge on any atom is 0.326 e. The van der Waals surface area contributed by atoms with Crippen molar-refractivity contribution in [1.82, 2.24) is 26.2 Å². The molecule has 3 N–H and O–H groups in total. The number of ether oxygens (including phenoxy) is 1. The highest BCUT2D eigenvalue weighted by atomic mass is 16.5. The predicted octanol–water partition coefficient (Wildman–Crippen LogP) is -0.0182. The van der Waals surface area contributed by atoms with E-state index in [-0.39, 0.29) is 24.5 Å². The molecule has 0 aromatic heterocycles. The summed E-state index contributed by atoms with van der Waals surface area (Å²) in [4.78, 5) is 28.0. The van der Waals surface area contributed by atoms with Crippen molar-refractivity contribution in [3.05, 3.63) is 35.6 Å². The first kappa shape index (κ1) is 18.7. The number of carbonyl (C=O) groups is 2. The molecule has 0 aliphatic carbocycles. The molecule has 0 fully saturated rings. The van der Waals surface area contributed by atoms with Crippen LogP contribution in [0.1, 0.15) is 20.8 Å². The van der Waals surface area contributed by atoms with E-state index >= 15 is 0 Å². The van der Waals surface area contributed by atoms with Crippen molar-refractivity contribution >= 4 is 18.1 Å². The highest BCUT2D eigenvalue weighted by molar-refractivity contribution is 5.96. The molecule has 1 atom stereocenters. The number of carbonyl (C=O) groups excluding carboxylic acids is 2. The van der Waals surface area contributed by atoms with Crippen molar-refractivity contribution in [2.45, 2.75) is 26.8 Å².